The molecule has 8 aromatic rings. The van der Waals surface area contributed by atoms with Gasteiger partial charge >= 0.3 is 0 Å². The molecule has 0 spiro atoms. The lowest BCUT2D eigenvalue weighted by atomic mass is 9.94. The lowest BCUT2D eigenvalue weighted by Gasteiger charge is -2.11. The Balaban J connectivity index is 1.48. The number of para-hydroxylation sites is 3. The van der Waals surface area contributed by atoms with E-state index in [1.807, 2.05) is 0 Å². The SMILES string of the molecule is c1ccc(-n2c3ccccc3c3ccc(-c4cc5[nH]c6ccccc6c5c5ccccc45)cc32)cc1. The topological polar surface area (TPSA) is 20.7 Å². The number of aromatic amines is 1. The summed E-state index contributed by atoms with van der Waals surface area (Å²) >= 11 is 0. The van der Waals surface area contributed by atoms with Crippen molar-refractivity contribution >= 4 is 54.4 Å². The van der Waals surface area contributed by atoms with Crippen molar-refractivity contribution in [3.63, 3.8) is 0 Å². The molecule has 36 heavy (non-hydrogen) atoms. The van der Waals surface area contributed by atoms with E-state index in [0.29, 0.717) is 0 Å². The molecule has 0 aliphatic heterocycles. The number of nitrogens with one attached hydrogen (secondary N) is 1. The molecule has 0 saturated carbocycles. The molecule has 0 aliphatic carbocycles. The van der Waals surface area contributed by atoms with E-state index in [1.54, 1.807) is 0 Å². The molecule has 2 aromatic heterocycles. The molecule has 6 aromatic carbocycles. The van der Waals surface area contributed by atoms with Crippen LogP contribution in [0.15, 0.2) is 127 Å². The minimum Gasteiger partial charge on any atom is -0.354 e. The van der Waals surface area contributed by atoms with Crippen LogP contribution < -0.4 is 0 Å². The zero-order chi connectivity index (χ0) is 23.6. The van der Waals surface area contributed by atoms with E-state index in [4.69, 9.17) is 0 Å². The van der Waals surface area contributed by atoms with Crippen LogP contribution in [0.3, 0.4) is 0 Å². The van der Waals surface area contributed by atoms with Gasteiger partial charge in [0, 0.05) is 38.3 Å². The van der Waals surface area contributed by atoms with Gasteiger partial charge in [0.05, 0.1) is 11.0 Å². The van der Waals surface area contributed by atoms with E-state index in [9.17, 15) is 0 Å². The number of benzene rings is 6. The Morgan fingerprint density at radius 2 is 1.11 bits per heavy atom. The van der Waals surface area contributed by atoms with Gasteiger partial charge in [-0.2, -0.15) is 0 Å². The molecule has 0 aliphatic rings. The average Bonchev–Trinajstić information content (AvgIpc) is 3.48. The number of hydrogen-bond donors (Lipinski definition) is 1. The highest BCUT2D eigenvalue weighted by Gasteiger charge is 2.16. The number of nitrogens with zero attached hydrogens (tertiary/aromatic N) is 1. The highest BCUT2D eigenvalue weighted by Crippen LogP contribution is 2.40. The van der Waals surface area contributed by atoms with Crippen molar-refractivity contribution in [2.24, 2.45) is 0 Å². The number of hydrogen-bond acceptors (Lipinski definition) is 0. The molecule has 2 heteroatoms. The van der Waals surface area contributed by atoms with Gasteiger partial charge in [0.2, 0.25) is 0 Å². The van der Waals surface area contributed by atoms with Crippen molar-refractivity contribution in [3.8, 4) is 16.8 Å². The summed E-state index contributed by atoms with van der Waals surface area (Å²) in [7, 11) is 0. The molecule has 0 atom stereocenters. The molecule has 0 fully saturated rings. The number of rotatable bonds is 2. The van der Waals surface area contributed by atoms with Crippen LogP contribution in [0.2, 0.25) is 0 Å². The van der Waals surface area contributed by atoms with E-state index in [2.05, 4.69) is 137 Å². The van der Waals surface area contributed by atoms with Gasteiger partial charge < -0.3 is 9.55 Å². The summed E-state index contributed by atoms with van der Waals surface area (Å²) in [5, 5.41) is 7.68. The Labute approximate surface area is 208 Å². The molecule has 0 saturated heterocycles. The first kappa shape index (κ1) is 19.5. The van der Waals surface area contributed by atoms with Crippen molar-refractivity contribution in [1.29, 1.82) is 0 Å². The maximum Gasteiger partial charge on any atom is 0.0547 e. The lowest BCUT2D eigenvalue weighted by molar-refractivity contribution is 1.18. The number of H-pyrrole nitrogens is 1. The molecular formula is C34H22N2. The van der Waals surface area contributed by atoms with E-state index in [0.717, 1.165) is 0 Å². The summed E-state index contributed by atoms with van der Waals surface area (Å²) in [6, 6.07) is 46.0. The van der Waals surface area contributed by atoms with Crippen LogP contribution in [-0.4, -0.2) is 9.55 Å². The predicted octanol–water partition coefficient (Wildman–Crippen LogP) is 9.24. The largest absolute Gasteiger partial charge is 0.354 e. The molecule has 2 heterocycles. The monoisotopic (exact) mass is 458 g/mol. The second-order valence-electron chi connectivity index (χ2n) is 9.48. The van der Waals surface area contributed by atoms with E-state index >= 15 is 0 Å². The number of fused-ring (bicyclic) bond motifs is 8. The molecule has 0 bridgehead atoms. The Morgan fingerprint density at radius 1 is 0.444 bits per heavy atom. The first-order chi connectivity index (χ1) is 17.9. The smallest absolute Gasteiger partial charge is 0.0547 e. The molecule has 8 rings (SSSR count). The summed E-state index contributed by atoms with van der Waals surface area (Å²) in [5.41, 5.74) is 8.45. The summed E-state index contributed by atoms with van der Waals surface area (Å²) in [6.07, 6.45) is 0. The molecular weight excluding hydrogens is 436 g/mol. The van der Waals surface area contributed by atoms with E-state index in [-0.39, 0.29) is 0 Å². The standard InChI is InChI=1S/C34H22N2/c1-2-10-23(11-3-1)36-32-17-9-7-13-25(32)26-19-18-22(20-33(26)36)29-21-31-34(27-14-5-4-12-24(27)29)28-15-6-8-16-30(28)35-31/h1-21,35H. The van der Waals surface area contributed by atoms with Crippen LogP contribution >= 0.6 is 0 Å². The fourth-order valence-corrected chi connectivity index (χ4v) is 5.95. The van der Waals surface area contributed by atoms with Crippen LogP contribution in [0, 0.1) is 0 Å². The van der Waals surface area contributed by atoms with Crippen LogP contribution in [-0.2, 0) is 0 Å². The van der Waals surface area contributed by atoms with Crippen molar-refractivity contribution in [3.05, 3.63) is 127 Å². The molecule has 1 N–H and O–H groups in total. The Hall–Kier alpha value is -4.82. The average molecular weight is 459 g/mol. The van der Waals surface area contributed by atoms with Crippen LogP contribution in [0.1, 0.15) is 0 Å². The quantitative estimate of drug-likeness (QED) is 0.266. The Kier molecular flexibility index (Phi) is 3.97. The van der Waals surface area contributed by atoms with Gasteiger partial charge in [-0.05, 0) is 58.3 Å². The third kappa shape index (κ3) is 2.67. The normalized spacial score (nSPS) is 11.9. The molecule has 0 amide bonds. The minimum atomic E-state index is 1.17. The Bertz CT molecular complexity index is 2090. The van der Waals surface area contributed by atoms with Crippen LogP contribution in [0.4, 0.5) is 0 Å². The second kappa shape index (κ2) is 7.34. The van der Waals surface area contributed by atoms with Crippen molar-refractivity contribution < 1.29 is 0 Å². The van der Waals surface area contributed by atoms with Gasteiger partial charge in [0.25, 0.3) is 0 Å². The third-order valence-corrected chi connectivity index (χ3v) is 7.51. The summed E-state index contributed by atoms with van der Waals surface area (Å²) in [4.78, 5) is 3.67. The number of aromatic nitrogens is 2. The van der Waals surface area contributed by atoms with Crippen molar-refractivity contribution in [1.82, 2.24) is 9.55 Å². The van der Waals surface area contributed by atoms with Gasteiger partial charge in [-0.15, -0.1) is 0 Å². The van der Waals surface area contributed by atoms with Crippen molar-refractivity contribution in [2.75, 3.05) is 0 Å². The molecule has 2 nitrogen and oxygen atoms in total. The van der Waals surface area contributed by atoms with Crippen LogP contribution in [0.5, 0.6) is 0 Å². The molecule has 168 valence electrons. The van der Waals surface area contributed by atoms with Gasteiger partial charge in [-0.25, -0.2) is 0 Å². The maximum absolute atomic E-state index is 3.67. The first-order valence-corrected chi connectivity index (χ1v) is 12.4. The maximum atomic E-state index is 3.67. The van der Waals surface area contributed by atoms with Gasteiger partial charge in [0.1, 0.15) is 0 Å². The van der Waals surface area contributed by atoms with Crippen molar-refractivity contribution in [2.45, 2.75) is 0 Å². The van der Waals surface area contributed by atoms with Gasteiger partial charge in [-0.1, -0.05) is 91.0 Å². The fourth-order valence-electron chi connectivity index (χ4n) is 5.95. The predicted molar refractivity (Wildman–Crippen MR) is 153 cm³/mol. The summed E-state index contributed by atoms with van der Waals surface area (Å²) < 4.78 is 2.39. The summed E-state index contributed by atoms with van der Waals surface area (Å²) in [5.74, 6) is 0. The second-order valence-corrected chi connectivity index (χ2v) is 9.48. The zero-order valence-corrected chi connectivity index (χ0v) is 19.6. The third-order valence-electron chi connectivity index (χ3n) is 7.51. The summed E-state index contributed by atoms with van der Waals surface area (Å²) in [6.45, 7) is 0. The lowest BCUT2D eigenvalue weighted by Crippen LogP contribution is -1.93. The molecule has 0 radical (unpaired) electrons. The van der Waals surface area contributed by atoms with Gasteiger partial charge in [-0.3, -0.25) is 0 Å². The van der Waals surface area contributed by atoms with E-state index < -0.39 is 0 Å². The van der Waals surface area contributed by atoms with Crippen LogP contribution in [0.25, 0.3) is 71.2 Å². The zero-order valence-electron chi connectivity index (χ0n) is 19.6. The Morgan fingerprint density at radius 3 is 1.97 bits per heavy atom. The highest BCUT2D eigenvalue weighted by molar-refractivity contribution is 6.23. The molecule has 0 unspecified atom stereocenters. The fraction of sp³-hybridized carbons (Fsp3) is 0. The minimum absolute atomic E-state index is 1.17. The highest BCUT2D eigenvalue weighted by atomic mass is 15.0. The first-order valence-electron chi connectivity index (χ1n) is 12.4. The van der Waals surface area contributed by atoms with E-state index in [1.165, 1.54) is 71.2 Å². The van der Waals surface area contributed by atoms with Gasteiger partial charge in [0.15, 0.2) is 0 Å².